The third-order valence-corrected chi connectivity index (χ3v) is 1.52. The molecule has 0 atom stereocenters. The summed E-state index contributed by atoms with van der Waals surface area (Å²) in [5, 5.41) is 0. The number of hydrogen-bond donors (Lipinski definition) is 0. The molecule has 0 spiro atoms. The SMILES string of the molecule is C#COC(=O)C(=C)c1ccccc1. The lowest BCUT2D eigenvalue weighted by molar-refractivity contribution is -0.130. The molecule has 0 heterocycles. The van der Waals surface area contributed by atoms with Crippen molar-refractivity contribution in [1.29, 1.82) is 0 Å². The van der Waals surface area contributed by atoms with Crippen LogP contribution >= 0.6 is 0 Å². The van der Waals surface area contributed by atoms with Crippen molar-refractivity contribution in [3.63, 3.8) is 0 Å². The van der Waals surface area contributed by atoms with Crippen molar-refractivity contribution >= 4 is 11.5 Å². The molecule has 64 valence electrons. The highest BCUT2D eigenvalue weighted by atomic mass is 16.5. The van der Waals surface area contributed by atoms with Gasteiger partial charge in [-0.2, -0.15) is 0 Å². The summed E-state index contributed by atoms with van der Waals surface area (Å²) in [6.45, 7) is 3.57. The molecular formula is C11H8O2. The van der Waals surface area contributed by atoms with E-state index >= 15 is 0 Å². The topological polar surface area (TPSA) is 26.3 Å². The molecule has 0 saturated heterocycles. The molecule has 2 heteroatoms. The highest BCUT2D eigenvalue weighted by Gasteiger charge is 2.08. The Hall–Kier alpha value is -2.01. The zero-order valence-corrected chi connectivity index (χ0v) is 6.99. The summed E-state index contributed by atoms with van der Waals surface area (Å²) in [6, 6.07) is 9.00. The second-order valence-corrected chi connectivity index (χ2v) is 2.35. The Morgan fingerprint density at radius 2 is 2.00 bits per heavy atom. The molecule has 1 aromatic rings. The van der Waals surface area contributed by atoms with Crippen molar-refractivity contribution < 1.29 is 9.53 Å². The maximum Gasteiger partial charge on any atom is 0.352 e. The molecule has 1 rings (SSSR count). The molecule has 1 aromatic carbocycles. The molecule has 0 amide bonds. The molecule has 0 aliphatic rings. The molecule has 0 aliphatic carbocycles. The Labute approximate surface area is 76.8 Å². The van der Waals surface area contributed by atoms with Crippen molar-refractivity contribution in [2.75, 3.05) is 0 Å². The minimum absolute atomic E-state index is 0.263. The smallest absolute Gasteiger partial charge is 0.352 e. The van der Waals surface area contributed by atoms with E-state index in [-0.39, 0.29) is 5.57 Å². The van der Waals surface area contributed by atoms with Crippen LogP contribution < -0.4 is 0 Å². The van der Waals surface area contributed by atoms with E-state index in [4.69, 9.17) is 6.42 Å². The van der Waals surface area contributed by atoms with Gasteiger partial charge in [-0.15, -0.1) is 0 Å². The highest BCUT2D eigenvalue weighted by Crippen LogP contribution is 2.12. The van der Waals surface area contributed by atoms with E-state index in [2.05, 4.69) is 11.3 Å². The number of rotatable bonds is 2. The molecule has 0 N–H and O–H groups in total. The molecule has 0 saturated carbocycles. The van der Waals surface area contributed by atoms with Crippen molar-refractivity contribution in [1.82, 2.24) is 0 Å². The quantitative estimate of drug-likeness (QED) is 0.386. The summed E-state index contributed by atoms with van der Waals surface area (Å²) in [5.74, 6) is -0.589. The average molecular weight is 172 g/mol. The zero-order valence-electron chi connectivity index (χ0n) is 6.99. The first-order valence-corrected chi connectivity index (χ1v) is 3.67. The van der Waals surface area contributed by atoms with Gasteiger partial charge in [0.05, 0.1) is 5.57 Å². The fraction of sp³-hybridized carbons (Fsp3) is 0. The first kappa shape index (κ1) is 9.08. The fourth-order valence-electron chi connectivity index (χ4n) is 0.872. The number of carbonyl (C=O) groups is 1. The van der Waals surface area contributed by atoms with E-state index in [9.17, 15) is 4.79 Å². The average Bonchev–Trinajstić information content (AvgIpc) is 2.18. The van der Waals surface area contributed by atoms with Crippen LogP contribution in [-0.4, -0.2) is 5.97 Å². The van der Waals surface area contributed by atoms with Crippen LogP contribution in [0.15, 0.2) is 36.9 Å². The van der Waals surface area contributed by atoms with E-state index in [1.165, 1.54) is 0 Å². The maximum absolute atomic E-state index is 11.1. The third-order valence-electron chi connectivity index (χ3n) is 1.52. The Balaban J connectivity index is 2.82. The second kappa shape index (κ2) is 4.13. The van der Waals surface area contributed by atoms with Gasteiger partial charge in [0.2, 0.25) is 0 Å². The zero-order chi connectivity index (χ0) is 9.68. The normalized spacial score (nSPS) is 8.54. The van der Waals surface area contributed by atoms with Gasteiger partial charge >= 0.3 is 5.97 Å². The van der Waals surface area contributed by atoms with Gasteiger partial charge in [0.1, 0.15) is 6.11 Å². The minimum atomic E-state index is -0.589. The molecule has 0 bridgehead atoms. The van der Waals surface area contributed by atoms with Crippen LogP contribution in [0.5, 0.6) is 0 Å². The van der Waals surface area contributed by atoms with Gasteiger partial charge in [-0.25, -0.2) is 4.79 Å². The maximum atomic E-state index is 11.1. The van der Waals surface area contributed by atoms with Gasteiger partial charge in [-0.3, -0.25) is 0 Å². The fourth-order valence-corrected chi connectivity index (χ4v) is 0.872. The van der Waals surface area contributed by atoms with E-state index in [1.54, 1.807) is 12.1 Å². The first-order chi connectivity index (χ1) is 6.25. The van der Waals surface area contributed by atoms with E-state index in [1.807, 2.05) is 24.3 Å². The van der Waals surface area contributed by atoms with E-state index < -0.39 is 5.97 Å². The molecule has 0 radical (unpaired) electrons. The van der Waals surface area contributed by atoms with Crippen LogP contribution in [0.3, 0.4) is 0 Å². The summed E-state index contributed by atoms with van der Waals surface area (Å²) in [4.78, 5) is 11.1. The minimum Gasteiger partial charge on any atom is -0.369 e. The number of terminal acetylenes is 1. The number of ether oxygens (including phenoxy) is 1. The number of esters is 1. The molecule has 0 aliphatic heterocycles. The molecule has 0 fully saturated rings. The van der Waals surface area contributed by atoms with Crippen LogP contribution in [0, 0.1) is 12.5 Å². The summed E-state index contributed by atoms with van der Waals surface area (Å²) >= 11 is 0. The standard InChI is InChI=1S/C11H8O2/c1-3-13-11(12)9(2)10-7-5-4-6-8-10/h1,4-8H,2H2. The van der Waals surface area contributed by atoms with Crippen LogP contribution in [-0.2, 0) is 9.53 Å². The van der Waals surface area contributed by atoms with Crippen LogP contribution in [0.1, 0.15) is 5.56 Å². The van der Waals surface area contributed by atoms with Crippen molar-refractivity contribution in [2.45, 2.75) is 0 Å². The monoisotopic (exact) mass is 172 g/mol. The lowest BCUT2D eigenvalue weighted by Gasteiger charge is -2.00. The molecular weight excluding hydrogens is 164 g/mol. The molecule has 0 unspecified atom stereocenters. The predicted octanol–water partition coefficient (Wildman–Crippen LogP) is 1.83. The third kappa shape index (κ3) is 2.21. The van der Waals surface area contributed by atoms with Gasteiger partial charge in [-0.05, 0) is 5.56 Å². The molecule has 13 heavy (non-hydrogen) atoms. The lowest BCUT2D eigenvalue weighted by Crippen LogP contribution is -2.01. The lowest BCUT2D eigenvalue weighted by atomic mass is 10.1. The molecule has 0 aromatic heterocycles. The van der Waals surface area contributed by atoms with E-state index in [0.29, 0.717) is 5.56 Å². The van der Waals surface area contributed by atoms with Crippen molar-refractivity contribution in [3.8, 4) is 12.5 Å². The highest BCUT2D eigenvalue weighted by molar-refractivity contribution is 6.15. The predicted molar refractivity (Wildman–Crippen MR) is 50.4 cm³/mol. The summed E-state index contributed by atoms with van der Waals surface area (Å²) in [7, 11) is 0. The number of hydrogen-bond acceptors (Lipinski definition) is 2. The Bertz CT molecular complexity index is 357. The van der Waals surface area contributed by atoms with E-state index in [0.717, 1.165) is 0 Å². The van der Waals surface area contributed by atoms with Gasteiger partial charge in [0.15, 0.2) is 0 Å². The van der Waals surface area contributed by atoms with Crippen LogP contribution in [0.2, 0.25) is 0 Å². The summed E-state index contributed by atoms with van der Waals surface area (Å²) in [5.41, 5.74) is 0.973. The number of carbonyl (C=O) groups excluding carboxylic acids is 1. The number of benzene rings is 1. The first-order valence-electron chi connectivity index (χ1n) is 3.67. The largest absolute Gasteiger partial charge is 0.369 e. The summed E-state index contributed by atoms with van der Waals surface area (Å²) < 4.78 is 4.35. The van der Waals surface area contributed by atoms with Gasteiger partial charge < -0.3 is 4.74 Å². The van der Waals surface area contributed by atoms with Crippen molar-refractivity contribution in [3.05, 3.63) is 42.5 Å². The molecule has 2 nitrogen and oxygen atoms in total. The summed E-state index contributed by atoms with van der Waals surface area (Å²) in [6.07, 6.45) is 6.62. The van der Waals surface area contributed by atoms with Gasteiger partial charge in [0, 0.05) is 0 Å². The Morgan fingerprint density at radius 3 is 2.54 bits per heavy atom. The van der Waals surface area contributed by atoms with Gasteiger partial charge in [0.25, 0.3) is 0 Å². The Morgan fingerprint density at radius 1 is 1.38 bits per heavy atom. The van der Waals surface area contributed by atoms with Crippen LogP contribution in [0.25, 0.3) is 5.57 Å². The van der Waals surface area contributed by atoms with Crippen molar-refractivity contribution in [2.24, 2.45) is 0 Å². The van der Waals surface area contributed by atoms with Gasteiger partial charge in [-0.1, -0.05) is 43.3 Å². The Kier molecular flexibility index (Phi) is 2.88. The second-order valence-electron chi connectivity index (χ2n) is 2.35. The van der Waals surface area contributed by atoms with Crippen LogP contribution in [0.4, 0.5) is 0 Å².